The van der Waals surface area contributed by atoms with Crippen LogP contribution in [0.25, 0.3) is 0 Å². The lowest BCUT2D eigenvalue weighted by Gasteiger charge is -1.38. The fourth-order valence-electron chi connectivity index (χ4n) is 0.136. The van der Waals surface area contributed by atoms with E-state index in [1.165, 1.54) is 17.9 Å². The molecule has 0 aliphatic rings. The summed E-state index contributed by atoms with van der Waals surface area (Å²) in [6.07, 6.45) is 1.52. The molecule has 1 aromatic heterocycles. The molecule has 2 nitrogen and oxygen atoms in total. The zero-order chi connectivity index (χ0) is 3.54. The van der Waals surface area contributed by atoms with E-state index in [0.717, 1.165) is 0 Å². The van der Waals surface area contributed by atoms with Crippen LogP contribution in [0.1, 0.15) is 7.43 Å². The van der Waals surface area contributed by atoms with Crippen molar-refractivity contribution in [1.82, 2.24) is 9.36 Å². The van der Waals surface area contributed by atoms with Crippen LogP contribution in [0, 0.1) is 0 Å². The number of hydrogen-bond donors (Lipinski definition) is 0. The van der Waals surface area contributed by atoms with Gasteiger partial charge in [-0.05, 0) is 11.5 Å². The molecule has 0 unspecified atom stereocenters. The summed E-state index contributed by atoms with van der Waals surface area (Å²) in [5.41, 5.74) is 1.68. The first-order valence-electron chi connectivity index (χ1n) is 1.19. The Morgan fingerprint density at radius 2 is 2.33 bits per heavy atom. The third kappa shape index (κ3) is 1.12. The first kappa shape index (κ1) is 5.56. The van der Waals surface area contributed by atoms with Gasteiger partial charge in [-0.25, -0.2) is 4.98 Å². The molecule has 1 heterocycles. The maximum Gasteiger partial charge on any atom is 0.129 e. The summed E-state index contributed by atoms with van der Waals surface area (Å²) in [6, 6.07) is 0. The van der Waals surface area contributed by atoms with Crippen LogP contribution in [-0.2, 0) is 0 Å². The first-order chi connectivity index (χ1) is 2.50. The average molecular weight is 102 g/mol. The third-order valence-corrected chi connectivity index (χ3v) is 0.715. The van der Waals surface area contributed by atoms with Gasteiger partial charge in [0.15, 0.2) is 0 Å². The molecule has 0 saturated carbocycles. The van der Waals surface area contributed by atoms with Gasteiger partial charge in [-0.15, -0.1) is 0 Å². The minimum Gasteiger partial charge on any atom is -0.231 e. The van der Waals surface area contributed by atoms with Crippen LogP contribution in [0.3, 0.4) is 0 Å². The van der Waals surface area contributed by atoms with Crippen LogP contribution in [0.2, 0.25) is 0 Å². The van der Waals surface area contributed by atoms with Crippen molar-refractivity contribution in [3.63, 3.8) is 0 Å². The Balaban J connectivity index is 0.000000250. The summed E-state index contributed by atoms with van der Waals surface area (Å²) >= 11 is 1.35. The lowest BCUT2D eigenvalue weighted by molar-refractivity contribution is 1.33. The highest BCUT2D eigenvalue weighted by Crippen LogP contribution is 1.77. The van der Waals surface area contributed by atoms with Crippen LogP contribution in [0.4, 0.5) is 0 Å². The highest BCUT2D eigenvalue weighted by molar-refractivity contribution is 7.03. The van der Waals surface area contributed by atoms with Gasteiger partial charge in [0.1, 0.15) is 11.8 Å². The largest absolute Gasteiger partial charge is 0.231 e. The Morgan fingerprint density at radius 3 is 2.50 bits per heavy atom. The van der Waals surface area contributed by atoms with E-state index in [1.807, 2.05) is 0 Å². The Kier molecular flexibility index (Phi) is 2.58. The molecule has 0 radical (unpaired) electrons. The van der Waals surface area contributed by atoms with Gasteiger partial charge in [-0.3, -0.25) is 0 Å². The molecule has 0 atom stereocenters. The summed E-state index contributed by atoms with van der Waals surface area (Å²) in [7, 11) is 0. The summed E-state index contributed by atoms with van der Waals surface area (Å²) in [4.78, 5) is 3.63. The molecule has 0 spiro atoms. The van der Waals surface area contributed by atoms with E-state index in [4.69, 9.17) is 0 Å². The fourth-order valence-corrected chi connectivity index (χ4v) is 0.408. The second-order valence-electron chi connectivity index (χ2n) is 0.581. The molecular weight excluding hydrogens is 96.1 g/mol. The van der Waals surface area contributed by atoms with Crippen LogP contribution in [0.5, 0.6) is 0 Å². The van der Waals surface area contributed by atoms with Crippen LogP contribution >= 0.6 is 11.5 Å². The van der Waals surface area contributed by atoms with Crippen molar-refractivity contribution in [3.05, 3.63) is 11.8 Å². The van der Waals surface area contributed by atoms with Crippen molar-refractivity contribution in [2.75, 3.05) is 0 Å². The third-order valence-electron chi connectivity index (χ3n) is 0.283. The molecule has 0 saturated heterocycles. The van der Waals surface area contributed by atoms with Gasteiger partial charge in [0.2, 0.25) is 0 Å². The molecule has 34 valence electrons. The molecule has 0 aliphatic carbocycles. The van der Waals surface area contributed by atoms with Crippen molar-refractivity contribution in [1.29, 1.82) is 0 Å². The molecule has 3 heteroatoms. The van der Waals surface area contributed by atoms with Crippen molar-refractivity contribution in [3.8, 4) is 0 Å². The quantitative estimate of drug-likeness (QED) is 0.491. The summed E-state index contributed by atoms with van der Waals surface area (Å²) in [6.45, 7) is 0. The Hall–Kier alpha value is -0.440. The predicted octanol–water partition coefficient (Wildman–Crippen LogP) is 1.17. The average Bonchev–Trinajstić information content (AvgIpc) is 1.76. The maximum absolute atomic E-state index is 3.65. The van der Waals surface area contributed by atoms with E-state index < -0.39 is 0 Å². The van der Waals surface area contributed by atoms with E-state index in [0.29, 0.717) is 0 Å². The molecule has 0 amide bonds. The molecule has 0 aliphatic heterocycles. The summed E-state index contributed by atoms with van der Waals surface area (Å²) in [5.74, 6) is 0. The van der Waals surface area contributed by atoms with Gasteiger partial charge >= 0.3 is 0 Å². The zero-order valence-corrected chi connectivity index (χ0v) is 3.27. The fraction of sp³-hybridized carbons (Fsp3) is 0.333. The lowest BCUT2D eigenvalue weighted by Crippen LogP contribution is -1.43. The molecular formula is C3H6N2S. The Labute approximate surface area is 41.0 Å². The summed E-state index contributed by atoms with van der Waals surface area (Å²) in [5, 5.41) is 0. The van der Waals surface area contributed by atoms with Crippen molar-refractivity contribution >= 4 is 11.5 Å². The molecule has 6 heavy (non-hydrogen) atoms. The Bertz CT molecular complexity index is 65.3. The number of hydrogen-bond acceptors (Lipinski definition) is 3. The molecule has 1 rings (SSSR count). The molecule has 0 aromatic carbocycles. The van der Waals surface area contributed by atoms with Gasteiger partial charge in [0.25, 0.3) is 0 Å². The minimum absolute atomic E-state index is 0. The van der Waals surface area contributed by atoms with Crippen molar-refractivity contribution in [2.24, 2.45) is 0 Å². The zero-order valence-electron chi connectivity index (χ0n) is 2.46. The number of aromatic nitrogens is 2. The van der Waals surface area contributed by atoms with E-state index in [-0.39, 0.29) is 7.43 Å². The van der Waals surface area contributed by atoms with E-state index in [1.54, 1.807) is 5.51 Å². The Morgan fingerprint density at radius 1 is 1.50 bits per heavy atom. The van der Waals surface area contributed by atoms with Crippen LogP contribution < -0.4 is 0 Å². The van der Waals surface area contributed by atoms with Gasteiger partial charge in [-0.1, -0.05) is 7.43 Å². The number of rotatable bonds is 0. The van der Waals surface area contributed by atoms with E-state index >= 15 is 0 Å². The highest BCUT2D eigenvalue weighted by Gasteiger charge is 1.60. The second kappa shape index (κ2) is 2.78. The number of nitrogens with zero attached hydrogens (tertiary/aromatic N) is 2. The van der Waals surface area contributed by atoms with Gasteiger partial charge in [0.05, 0.1) is 0 Å². The standard InChI is InChI=1S/C2H2N2S.CH4/c1-3-2-5-4-1;/h1-2H;1H4. The maximum atomic E-state index is 3.65. The van der Waals surface area contributed by atoms with E-state index in [9.17, 15) is 0 Å². The van der Waals surface area contributed by atoms with Crippen LogP contribution in [0.15, 0.2) is 11.8 Å². The monoisotopic (exact) mass is 102 g/mol. The van der Waals surface area contributed by atoms with Crippen LogP contribution in [-0.4, -0.2) is 9.36 Å². The summed E-state index contributed by atoms with van der Waals surface area (Å²) < 4.78 is 3.65. The molecule has 0 N–H and O–H groups in total. The van der Waals surface area contributed by atoms with Gasteiger partial charge in [0, 0.05) is 0 Å². The SMILES string of the molecule is C.c1ncsn1. The normalized spacial score (nSPS) is 6.67. The molecule has 0 bridgehead atoms. The van der Waals surface area contributed by atoms with E-state index in [2.05, 4.69) is 9.36 Å². The molecule has 1 aromatic rings. The minimum atomic E-state index is 0. The smallest absolute Gasteiger partial charge is 0.129 e. The first-order valence-corrected chi connectivity index (χ1v) is 2.03. The lowest BCUT2D eigenvalue weighted by atomic mass is 11.4. The van der Waals surface area contributed by atoms with Gasteiger partial charge in [-0.2, -0.15) is 4.37 Å². The molecule has 0 fully saturated rings. The van der Waals surface area contributed by atoms with Crippen molar-refractivity contribution < 1.29 is 0 Å². The highest BCUT2D eigenvalue weighted by atomic mass is 32.1. The van der Waals surface area contributed by atoms with Gasteiger partial charge < -0.3 is 0 Å². The topological polar surface area (TPSA) is 25.8 Å². The van der Waals surface area contributed by atoms with Crippen molar-refractivity contribution in [2.45, 2.75) is 7.43 Å². The second-order valence-corrected chi connectivity index (χ2v) is 1.21. The predicted molar refractivity (Wildman–Crippen MR) is 26.6 cm³/mol.